The molecule has 1 saturated heterocycles. The standard InChI is InChI=1S/C6H16N6/c1-2-4-6(5-3-1)12-10-8-7-9-11-12/h6-11H,1-5H2. The molecule has 5 N–H and O–H groups in total. The van der Waals surface area contributed by atoms with E-state index in [2.05, 4.69) is 27.7 Å². The van der Waals surface area contributed by atoms with Crippen LogP contribution < -0.4 is 27.7 Å². The van der Waals surface area contributed by atoms with E-state index < -0.39 is 0 Å². The van der Waals surface area contributed by atoms with Crippen molar-refractivity contribution < 1.29 is 0 Å². The van der Waals surface area contributed by atoms with Crippen molar-refractivity contribution in [1.82, 2.24) is 32.8 Å². The van der Waals surface area contributed by atoms with Gasteiger partial charge in [-0.3, -0.25) is 0 Å². The van der Waals surface area contributed by atoms with Crippen LogP contribution in [0.3, 0.4) is 0 Å². The maximum absolute atomic E-state index is 2.99. The van der Waals surface area contributed by atoms with E-state index in [1.165, 1.54) is 32.1 Å². The highest BCUT2D eigenvalue weighted by Gasteiger charge is 2.21. The van der Waals surface area contributed by atoms with E-state index in [0.29, 0.717) is 6.04 Å². The molecule has 1 saturated carbocycles. The minimum Gasteiger partial charge on any atom is -0.164 e. The maximum Gasteiger partial charge on any atom is 0.0428 e. The smallest absolute Gasteiger partial charge is 0.0428 e. The molecule has 1 aliphatic carbocycles. The molecule has 70 valence electrons. The highest BCUT2D eigenvalue weighted by Crippen LogP contribution is 2.20. The second-order valence-electron chi connectivity index (χ2n) is 3.26. The number of rotatable bonds is 1. The average Bonchev–Trinajstić information content (AvgIpc) is 2.21. The molecule has 12 heavy (non-hydrogen) atoms. The van der Waals surface area contributed by atoms with E-state index in [1.807, 2.05) is 5.12 Å². The lowest BCUT2D eigenvalue weighted by molar-refractivity contribution is -0.0606. The van der Waals surface area contributed by atoms with Crippen LogP contribution in [0.2, 0.25) is 0 Å². The van der Waals surface area contributed by atoms with E-state index in [9.17, 15) is 0 Å². The Bertz CT molecular complexity index is 112. The summed E-state index contributed by atoms with van der Waals surface area (Å²) < 4.78 is 0. The molecule has 0 aromatic rings. The predicted molar refractivity (Wildman–Crippen MR) is 44.4 cm³/mol. The van der Waals surface area contributed by atoms with Crippen molar-refractivity contribution in [3.63, 3.8) is 0 Å². The summed E-state index contributed by atoms with van der Waals surface area (Å²) >= 11 is 0. The number of hydrogen-bond donors (Lipinski definition) is 5. The van der Waals surface area contributed by atoms with Gasteiger partial charge in [-0.2, -0.15) is 27.7 Å². The van der Waals surface area contributed by atoms with Crippen LogP contribution in [0.25, 0.3) is 0 Å². The molecule has 0 atom stereocenters. The van der Waals surface area contributed by atoms with Crippen LogP contribution in [0.15, 0.2) is 0 Å². The van der Waals surface area contributed by atoms with E-state index >= 15 is 0 Å². The van der Waals surface area contributed by atoms with E-state index in [1.54, 1.807) is 0 Å². The molecule has 2 fully saturated rings. The van der Waals surface area contributed by atoms with Gasteiger partial charge in [-0.15, -0.1) is 5.12 Å². The van der Waals surface area contributed by atoms with E-state index in [-0.39, 0.29) is 0 Å². The molecule has 2 rings (SSSR count). The van der Waals surface area contributed by atoms with E-state index in [0.717, 1.165) is 0 Å². The summed E-state index contributed by atoms with van der Waals surface area (Å²) in [7, 11) is 0. The van der Waals surface area contributed by atoms with Gasteiger partial charge in [0.15, 0.2) is 0 Å². The van der Waals surface area contributed by atoms with Crippen molar-refractivity contribution in [3.8, 4) is 0 Å². The van der Waals surface area contributed by atoms with Crippen molar-refractivity contribution >= 4 is 0 Å². The lowest BCUT2D eigenvalue weighted by Crippen LogP contribution is -2.74. The van der Waals surface area contributed by atoms with Crippen LogP contribution in [0.4, 0.5) is 0 Å². The largest absolute Gasteiger partial charge is 0.164 e. The molecule has 6 nitrogen and oxygen atoms in total. The Balaban J connectivity index is 1.80. The van der Waals surface area contributed by atoms with Gasteiger partial charge >= 0.3 is 0 Å². The fraction of sp³-hybridized carbons (Fsp3) is 1.00. The lowest BCUT2D eigenvalue weighted by Gasteiger charge is -2.37. The Labute approximate surface area is 71.9 Å². The Morgan fingerprint density at radius 1 is 0.833 bits per heavy atom. The Morgan fingerprint density at radius 3 is 2.17 bits per heavy atom. The molecule has 2 aliphatic rings. The molecule has 6 heteroatoms. The summed E-state index contributed by atoms with van der Waals surface area (Å²) in [6, 6.07) is 0.584. The van der Waals surface area contributed by atoms with Gasteiger partial charge in [0, 0.05) is 6.04 Å². The van der Waals surface area contributed by atoms with E-state index in [4.69, 9.17) is 0 Å². The van der Waals surface area contributed by atoms with Crippen LogP contribution in [0, 0.1) is 0 Å². The monoisotopic (exact) mass is 172 g/mol. The van der Waals surface area contributed by atoms with Gasteiger partial charge in [-0.25, -0.2) is 0 Å². The van der Waals surface area contributed by atoms with Crippen molar-refractivity contribution in [3.05, 3.63) is 0 Å². The summed E-state index contributed by atoms with van der Waals surface area (Å²) in [4.78, 5) is 0. The van der Waals surface area contributed by atoms with Gasteiger partial charge in [0.25, 0.3) is 0 Å². The first-order valence-electron chi connectivity index (χ1n) is 4.52. The topological polar surface area (TPSA) is 63.4 Å². The third-order valence-corrected chi connectivity index (χ3v) is 2.42. The molecule has 0 radical (unpaired) electrons. The molecule has 0 spiro atoms. The van der Waals surface area contributed by atoms with Gasteiger partial charge < -0.3 is 0 Å². The second kappa shape index (κ2) is 4.13. The van der Waals surface area contributed by atoms with Crippen LogP contribution in [0.5, 0.6) is 0 Å². The van der Waals surface area contributed by atoms with Crippen molar-refractivity contribution in [2.24, 2.45) is 0 Å². The Morgan fingerprint density at radius 2 is 1.50 bits per heavy atom. The summed E-state index contributed by atoms with van der Waals surface area (Å²) in [6.45, 7) is 0. The number of nitrogens with zero attached hydrogens (tertiary/aromatic N) is 1. The highest BCUT2D eigenvalue weighted by molar-refractivity contribution is 4.70. The summed E-state index contributed by atoms with van der Waals surface area (Å²) in [5, 5.41) is 1.97. The fourth-order valence-corrected chi connectivity index (χ4v) is 1.76. The van der Waals surface area contributed by atoms with Crippen LogP contribution in [-0.4, -0.2) is 11.2 Å². The van der Waals surface area contributed by atoms with Crippen LogP contribution in [0.1, 0.15) is 32.1 Å². The number of nitrogens with one attached hydrogen (secondary N) is 5. The lowest BCUT2D eigenvalue weighted by atomic mass is 9.96. The minimum absolute atomic E-state index is 0.584. The van der Waals surface area contributed by atoms with Gasteiger partial charge in [0.05, 0.1) is 0 Å². The molecular weight excluding hydrogens is 156 g/mol. The molecule has 0 unspecified atom stereocenters. The van der Waals surface area contributed by atoms with Gasteiger partial charge in [0.1, 0.15) is 0 Å². The zero-order valence-electron chi connectivity index (χ0n) is 7.06. The predicted octanol–water partition coefficient (Wildman–Crippen LogP) is -0.927. The molecular formula is C6H16N6. The van der Waals surface area contributed by atoms with Crippen molar-refractivity contribution in [2.75, 3.05) is 0 Å². The number of hydrazine groups is 6. The van der Waals surface area contributed by atoms with Crippen LogP contribution >= 0.6 is 0 Å². The first-order chi connectivity index (χ1) is 5.97. The third kappa shape index (κ3) is 1.92. The number of hydrogen-bond acceptors (Lipinski definition) is 6. The van der Waals surface area contributed by atoms with Gasteiger partial charge in [-0.1, -0.05) is 19.3 Å². The highest BCUT2D eigenvalue weighted by atomic mass is 16.1. The summed E-state index contributed by atoms with van der Waals surface area (Å²) in [5.41, 5.74) is 14.2. The first-order valence-corrected chi connectivity index (χ1v) is 4.52. The molecule has 1 aliphatic heterocycles. The molecule has 0 bridgehead atoms. The minimum atomic E-state index is 0.584. The van der Waals surface area contributed by atoms with Crippen molar-refractivity contribution in [2.45, 2.75) is 38.1 Å². The quantitative estimate of drug-likeness (QED) is 0.352. The zero-order chi connectivity index (χ0) is 8.23. The van der Waals surface area contributed by atoms with Crippen LogP contribution in [-0.2, 0) is 0 Å². The summed E-state index contributed by atoms with van der Waals surface area (Å²) in [6.07, 6.45) is 6.55. The molecule has 0 amide bonds. The first kappa shape index (κ1) is 8.36. The molecule has 0 aromatic carbocycles. The Kier molecular flexibility index (Phi) is 2.88. The summed E-state index contributed by atoms with van der Waals surface area (Å²) in [5.74, 6) is 0. The second-order valence-corrected chi connectivity index (χ2v) is 3.26. The van der Waals surface area contributed by atoms with Gasteiger partial charge in [-0.05, 0) is 12.8 Å². The van der Waals surface area contributed by atoms with Gasteiger partial charge in [0.2, 0.25) is 0 Å². The zero-order valence-corrected chi connectivity index (χ0v) is 7.06. The Hall–Kier alpha value is -0.240. The average molecular weight is 172 g/mol. The SMILES string of the molecule is C1CCC(N2NNNNN2)CC1. The molecule has 0 aromatic heterocycles. The van der Waals surface area contributed by atoms with Crippen molar-refractivity contribution in [1.29, 1.82) is 0 Å². The maximum atomic E-state index is 2.99. The fourth-order valence-electron chi connectivity index (χ4n) is 1.76. The normalized spacial score (nSPS) is 29.0. The molecule has 1 heterocycles. The third-order valence-electron chi connectivity index (χ3n) is 2.42.